The number of hydrogen-bond donors (Lipinski definition) is 1. The second-order valence-electron chi connectivity index (χ2n) is 3.39. The molecule has 0 amide bonds. The van der Waals surface area contributed by atoms with Gasteiger partial charge in [-0.05, 0) is 0 Å². The second kappa shape index (κ2) is 14.4. The zero-order valence-corrected chi connectivity index (χ0v) is 10.3. The highest BCUT2D eigenvalue weighted by atomic mass is 17.1. The van der Waals surface area contributed by atoms with E-state index < -0.39 is 11.9 Å². The van der Waals surface area contributed by atoms with Crippen LogP contribution in [0.15, 0.2) is 0 Å². The second-order valence-corrected chi connectivity index (χ2v) is 3.39. The van der Waals surface area contributed by atoms with Gasteiger partial charge in [0.2, 0.25) is 0 Å². The van der Waals surface area contributed by atoms with Crippen LogP contribution in [0.3, 0.4) is 0 Å². The molecule has 0 aromatic heterocycles. The molecular formula is C11H19NO5. The number of esters is 1. The molecule has 0 aromatic carbocycles. The van der Waals surface area contributed by atoms with E-state index in [2.05, 4.69) is 9.62 Å². The molecule has 1 aliphatic carbocycles. The third-order valence-corrected chi connectivity index (χ3v) is 1.82. The van der Waals surface area contributed by atoms with Gasteiger partial charge in [0.1, 0.15) is 0 Å². The fourth-order valence-electron chi connectivity index (χ4n) is 1.12. The molecule has 0 bridgehead atoms. The van der Waals surface area contributed by atoms with E-state index in [4.69, 9.17) is 10.5 Å². The number of hydrogen-bond acceptors (Lipinski definition) is 6. The minimum Gasteiger partial charge on any atom is -0.351 e. The zero-order chi connectivity index (χ0) is 13.5. The van der Waals surface area contributed by atoms with Crippen molar-refractivity contribution in [3.63, 3.8) is 0 Å². The molecule has 6 nitrogen and oxygen atoms in total. The lowest BCUT2D eigenvalue weighted by molar-refractivity contribution is -0.231. The smallest absolute Gasteiger partial charge is 0.339 e. The van der Waals surface area contributed by atoms with E-state index in [1.54, 1.807) is 0 Å². The average molecular weight is 245 g/mol. The summed E-state index contributed by atoms with van der Waals surface area (Å²) in [5.74, 6) is -1.26. The SMILES string of the molecule is C1CCCCC1.CC(=O)OC#N.CC(=O)OO. The maximum Gasteiger partial charge on any atom is 0.339 e. The highest BCUT2D eigenvalue weighted by molar-refractivity contribution is 5.66. The molecule has 1 N–H and O–H groups in total. The minimum absolute atomic E-state index is 0.572. The standard InChI is InChI=1S/C6H12.C3H3NO2.C2H4O3/c1-2-4-6-5-3-1;1-3(5)6-2-4;1-2(3)5-4/h1-6H2;1H3;4H,1H3. The topological polar surface area (TPSA) is 96.6 Å². The predicted octanol–water partition coefficient (Wildman–Crippen LogP) is 2.39. The largest absolute Gasteiger partial charge is 0.351 e. The number of carbonyl (C=O) groups is 2. The van der Waals surface area contributed by atoms with Crippen molar-refractivity contribution in [1.82, 2.24) is 0 Å². The highest BCUT2D eigenvalue weighted by Crippen LogP contribution is 2.15. The van der Waals surface area contributed by atoms with Crippen LogP contribution in [0.5, 0.6) is 0 Å². The minimum atomic E-state index is -0.690. The van der Waals surface area contributed by atoms with Gasteiger partial charge in [0.15, 0.2) is 0 Å². The summed E-state index contributed by atoms with van der Waals surface area (Å²) in [5, 5.41) is 14.8. The number of nitrogens with zero attached hydrogens (tertiary/aromatic N) is 1. The monoisotopic (exact) mass is 245 g/mol. The first-order valence-electron chi connectivity index (χ1n) is 5.43. The molecule has 0 aliphatic heterocycles. The fraction of sp³-hybridized carbons (Fsp3) is 0.727. The van der Waals surface area contributed by atoms with Crippen molar-refractivity contribution < 1.29 is 24.5 Å². The van der Waals surface area contributed by atoms with Crippen molar-refractivity contribution in [2.75, 3.05) is 0 Å². The van der Waals surface area contributed by atoms with Crippen molar-refractivity contribution in [3.8, 4) is 6.26 Å². The van der Waals surface area contributed by atoms with E-state index in [0.29, 0.717) is 0 Å². The molecule has 0 radical (unpaired) electrons. The van der Waals surface area contributed by atoms with Gasteiger partial charge in [-0.25, -0.2) is 4.79 Å². The van der Waals surface area contributed by atoms with Crippen LogP contribution in [0.4, 0.5) is 0 Å². The van der Waals surface area contributed by atoms with Crippen molar-refractivity contribution in [3.05, 3.63) is 0 Å². The maximum atomic E-state index is 9.60. The van der Waals surface area contributed by atoms with Gasteiger partial charge in [-0.2, -0.15) is 5.26 Å². The van der Waals surface area contributed by atoms with Gasteiger partial charge >= 0.3 is 11.9 Å². The van der Waals surface area contributed by atoms with Gasteiger partial charge in [0.05, 0.1) is 0 Å². The van der Waals surface area contributed by atoms with Crippen molar-refractivity contribution in [2.45, 2.75) is 52.4 Å². The Morgan fingerprint density at radius 3 is 1.35 bits per heavy atom. The van der Waals surface area contributed by atoms with Gasteiger partial charge in [-0.15, -0.1) is 5.26 Å². The lowest BCUT2D eigenvalue weighted by atomic mass is 10.0. The Morgan fingerprint density at radius 2 is 1.29 bits per heavy atom. The van der Waals surface area contributed by atoms with E-state index in [-0.39, 0.29) is 0 Å². The van der Waals surface area contributed by atoms with Gasteiger partial charge in [-0.3, -0.25) is 4.79 Å². The van der Waals surface area contributed by atoms with Gasteiger partial charge in [0, 0.05) is 13.8 Å². The Labute approximate surface area is 101 Å². The maximum absolute atomic E-state index is 9.60. The summed E-state index contributed by atoms with van der Waals surface area (Å²) in [6.07, 6.45) is 10.2. The Bertz CT molecular complexity index is 231. The number of ether oxygens (including phenoxy) is 1. The van der Waals surface area contributed by atoms with Crippen molar-refractivity contribution >= 4 is 11.9 Å². The molecule has 0 aromatic rings. The first-order chi connectivity index (χ1) is 8.04. The third kappa shape index (κ3) is 25.1. The Kier molecular flexibility index (Phi) is 15.0. The molecule has 0 heterocycles. The molecule has 98 valence electrons. The molecule has 1 aliphatic rings. The van der Waals surface area contributed by atoms with Crippen LogP contribution in [-0.2, 0) is 19.2 Å². The summed E-state index contributed by atoms with van der Waals surface area (Å²) in [5.41, 5.74) is 0. The van der Waals surface area contributed by atoms with E-state index >= 15 is 0 Å². The summed E-state index contributed by atoms with van der Waals surface area (Å²) in [4.78, 5) is 22.1. The van der Waals surface area contributed by atoms with Gasteiger partial charge < -0.3 is 9.62 Å². The molecule has 0 unspecified atom stereocenters. The average Bonchev–Trinajstić information content (AvgIpc) is 2.32. The third-order valence-electron chi connectivity index (χ3n) is 1.82. The molecule has 0 atom stereocenters. The van der Waals surface area contributed by atoms with Crippen LogP contribution < -0.4 is 0 Å². The molecule has 6 heteroatoms. The molecule has 0 saturated heterocycles. The lowest BCUT2D eigenvalue weighted by Crippen LogP contribution is -1.89. The lowest BCUT2D eigenvalue weighted by Gasteiger charge is -2.05. The Hall–Kier alpha value is -1.61. The van der Waals surface area contributed by atoms with Crippen LogP contribution >= 0.6 is 0 Å². The van der Waals surface area contributed by atoms with E-state index in [9.17, 15) is 9.59 Å². The summed E-state index contributed by atoms with van der Waals surface area (Å²) in [6, 6.07) is 0. The van der Waals surface area contributed by atoms with E-state index in [1.165, 1.54) is 51.7 Å². The zero-order valence-electron chi connectivity index (χ0n) is 10.3. The molecule has 0 spiro atoms. The molecule has 1 saturated carbocycles. The number of nitriles is 1. The van der Waals surface area contributed by atoms with Crippen LogP contribution in [-0.4, -0.2) is 17.2 Å². The van der Waals surface area contributed by atoms with Gasteiger partial charge in [-0.1, -0.05) is 38.5 Å². The summed E-state index contributed by atoms with van der Waals surface area (Å²) < 4.78 is 3.71. The summed E-state index contributed by atoms with van der Waals surface area (Å²) in [6.45, 7) is 2.28. The van der Waals surface area contributed by atoms with Gasteiger partial charge in [0.25, 0.3) is 6.26 Å². The summed E-state index contributed by atoms with van der Waals surface area (Å²) >= 11 is 0. The summed E-state index contributed by atoms with van der Waals surface area (Å²) in [7, 11) is 0. The van der Waals surface area contributed by atoms with Crippen LogP contribution in [0.1, 0.15) is 52.4 Å². The van der Waals surface area contributed by atoms with E-state index in [0.717, 1.165) is 6.92 Å². The van der Waals surface area contributed by atoms with Crippen LogP contribution in [0.25, 0.3) is 0 Å². The molecular weight excluding hydrogens is 226 g/mol. The van der Waals surface area contributed by atoms with E-state index in [1.807, 2.05) is 0 Å². The predicted molar refractivity (Wildman–Crippen MR) is 59.5 cm³/mol. The highest BCUT2D eigenvalue weighted by Gasteiger charge is 1.95. The Morgan fingerprint density at radius 1 is 1.00 bits per heavy atom. The first-order valence-corrected chi connectivity index (χ1v) is 5.43. The normalized spacial score (nSPS) is 12.6. The molecule has 1 rings (SSSR count). The molecule has 17 heavy (non-hydrogen) atoms. The number of carbonyl (C=O) groups excluding carboxylic acids is 2. The van der Waals surface area contributed by atoms with Crippen molar-refractivity contribution in [2.24, 2.45) is 0 Å². The van der Waals surface area contributed by atoms with Crippen LogP contribution in [0.2, 0.25) is 0 Å². The van der Waals surface area contributed by atoms with Crippen molar-refractivity contribution in [1.29, 1.82) is 5.26 Å². The van der Waals surface area contributed by atoms with Crippen LogP contribution in [0, 0.1) is 11.5 Å². The quantitative estimate of drug-likeness (QED) is 0.304. The number of rotatable bonds is 0. The first kappa shape index (κ1) is 17.8. The fourth-order valence-corrected chi connectivity index (χ4v) is 1.12. The Balaban J connectivity index is 0. The molecule has 1 fully saturated rings.